The van der Waals surface area contributed by atoms with Crippen molar-refractivity contribution in [1.82, 2.24) is 14.8 Å². The van der Waals surface area contributed by atoms with Gasteiger partial charge in [-0.05, 0) is 18.8 Å². The lowest BCUT2D eigenvalue weighted by molar-refractivity contribution is 0.0600. The summed E-state index contributed by atoms with van der Waals surface area (Å²) in [5, 5.41) is 6.32. The lowest BCUT2D eigenvalue weighted by atomic mass is 9.89. The smallest absolute Gasteiger partial charge is 0.341 e. The third kappa shape index (κ3) is 2.70. The molecule has 112 valence electrons. The predicted octanol–water partition coefficient (Wildman–Crippen LogP) is 2.04. The van der Waals surface area contributed by atoms with E-state index in [0.717, 1.165) is 6.54 Å². The summed E-state index contributed by atoms with van der Waals surface area (Å²) in [6, 6.07) is 0. The van der Waals surface area contributed by atoms with Gasteiger partial charge in [0.1, 0.15) is 11.3 Å². The average Bonchev–Trinajstić information content (AvgIpc) is 2.88. The van der Waals surface area contributed by atoms with Crippen LogP contribution in [0.25, 0.3) is 11.3 Å². The highest BCUT2D eigenvalue weighted by Gasteiger charge is 2.23. The van der Waals surface area contributed by atoms with Crippen LogP contribution in [0.4, 0.5) is 0 Å². The Kier molecular flexibility index (Phi) is 3.77. The Balaban J connectivity index is 1.97. The normalized spacial score (nSPS) is 16.2. The van der Waals surface area contributed by atoms with E-state index < -0.39 is 5.97 Å². The molecule has 2 aliphatic heterocycles. The SMILES string of the molecule is COC(=O)c1cn(CC2CCCCC2)cc2c(=O)[nH]nc1-2. The van der Waals surface area contributed by atoms with Gasteiger partial charge in [-0.15, -0.1) is 0 Å². The zero-order chi connectivity index (χ0) is 14.8. The fraction of sp³-hybridized carbons (Fsp3) is 0.533. The highest BCUT2D eigenvalue weighted by molar-refractivity contribution is 5.95. The van der Waals surface area contributed by atoms with Gasteiger partial charge in [-0.3, -0.25) is 4.79 Å². The molecular formula is C15H19N3O3. The highest BCUT2D eigenvalue weighted by atomic mass is 16.5. The third-order valence-corrected chi connectivity index (χ3v) is 4.21. The number of aromatic nitrogens is 3. The number of rotatable bonds is 3. The standard InChI is InChI=1S/C15H19N3O3/c1-21-15(20)12-9-18(7-10-5-3-2-4-6-10)8-11-13(12)16-17-14(11)19/h8-10H,2-7H2,1H3,(H,17,19). The number of fused-ring (bicyclic) bond motifs is 1. The molecule has 0 saturated heterocycles. The van der Waals surface area contributed by atoms with Gasteiger partial charge in [0, 0.05) is 18.9 Å². The van der Waals surface area contributed by atoms with Crippen LogP contribution in [0.15, 0.2) is 17.2 Å². The van der Waals surface area contributed by atoms with Crippen molar-refractivity contribution in [2.45, 2.75) is 38.6 Å². The summed E-state index contributed by atoms with van der Waals surface area (Å²) in [6.45, 7) is 0.824. The molecule has 0 bridgehead atoms. The number of nitrogens with zero attached hydrogens (tertiary/aromatic N) is 2. The minimum atomic E-state index is -0.468. The van der Waals surface area contributed by atoms with Crippen LogP contribution in [0.1, 0.15) is 42.5 Å². The number of hydrogen-bond acceptors (Lipinski definition) is 4. The Labute approximate surface area is 122 Å². The van der Waals surface area contributed by atoms with Crippen LogP contribution in [-0.4, -0.2) is 27.8 Å². The number of nitrogens with one attached hydrogen (secondary N) is 1. The number of H-pyrrole nitrogens is 1. The van der Waals surface area contributed by atoms with E-state index in [9.17, 15) is 9.59 Å². The second kappa shape index (κ2) is 5.71. The molecule has 0 aromatic carbocycles. The monoisotopic (exact) mass is 289 g/mol. The zero-order valence-corrected chi connectivity index (χ0v) is 12.1. The van der Waals surface area contributed by atoms with Crippen LogP contribution in [0, 0.1) is 5.92 Å². The molecule has 3 aliphatic rings. The molecule has 6 nitrogen and oxygen atoms in total. The van der Waals surface area contributed by atoms with Crippen molar-refractivity contribution in [2.75, 3.05) is 7.11 Å². The van der Waals surface area contributed by atoms with E-state index in [0.29, 0.717) is 22.7 Å². The number of esters is 1. The van der Waals surface area contributed by atoms with Crippen LogP contribution in [0.5, 0.6) is 0 Å². The molecule has 0 atom stereocenters. The van der Waals surface area contributed by atoms with Crippen molar-refractivity contribution in [1.29, 1.82) is 0 Å². The minimum absolute atomic E-state index is 0.270. The Morgan fingerprint density at radius 3 is 2.86 bits per heavy atom. The summed E-state index contributed by atoms with van der Waals surface area (Å²) in [6.07, 6.45) is 9.75. The van der Waals surface area contributed by atoms with Crippen molar-refractivity contribution in [3.05, 3.63) is 28.3 Å². The number of carbonyl (C=O) groups excluding carboxylic acids is 1. The molecule has 1 fully saturated rings. The van der Waals surface area contributed by atoms with Crippen LogP contribution >= 0.6 is 0 Å². The Morgan fingerprint density at radius 1 is 1.38 bits per heavy atom. The number of hydrogen-bond donors (Lipinski definition) is 1. The number of carbonyl (C=O) groups is 1. The average molecular weight is 289 g/mol. The summed E-state index contributed by atoms with van der Waals surface area (Å²) in [5.41, 5.74) is 0.887. The molecule has 0 unspecified atom stereocenters. The Bertz CT molecular complexity index is 667. The number of ether oxygens (including phenoxy) is 1. The van der Waals surface area contributed by atoms with Gasteiger partial charge in [-0.2, -0.15) is 5.10 Å². The summed E-state index contributed by atoms with van der Waals surface area (Å²) >= 11 is 0. The molecule has 1 saturated carbocycles. The number of aromatic amines is 1. The Hall–Kier alpha value is -2.11. The van der Waals surface area contributed by atoms with Crippen LogP contribution in [-0.2, 0) is 11.3 Å². The zero-order valence-electron chi connectivity index (χ0n) is 12.1. The maximum atomic E-state index is 11.9. The van der Waals surface area contributed by atoms with Gasteiger partial charge in [-0.1, -0.05) is 19.3 Å². The quantitative estimate of drug-likeness (QED) is 0.877. The largest absolute Gasteiger partial charge is 0.465 e. The first-order chi connectivity index (χ1) is 10.2. The van der Waals surface area contributed by atoms with Gasteiger partial charge in [0.25, 0.3) is 5.56 Å². The van der Waals surface area contributed by atoms with E-state index in [1.807, 2.05) is 4.57 Å². The van der Waals surface area contributed by atoms with E-state index in [1.54, 1.807) is 12.4 Å². The first kappa shape index (κ1) is 13.9. The second-order valence-electron chi connectivity index (χ2n) is 5.68. The molecule has 6 heteroatoms. The van der Waals surface area contributed by atoms with Crippen molar-refractivity contribution in [3.8, 4) is 11.3 Å². The molecule has 0 spiro atoms. The van der Waals surface area contributed by atoms with E-state index in [-0.39, 0.29) is 5.56 Å². The predicted molar refractivity (Wildman–Crippen MR) is 77.4 cm³/mol. The van der Waals surface area contributed by atoms with Gasteiger partial charge in [0.05, 0.1) is 12.7 Å². The molecule has 0 aromatic rings. The molecule has 3 rings (SSSR count). The van der Waals surface area contributed by atoms with E-state index in [4.69, 9.17) is 4.74 Å². The summed E-state index contributed by atoms with van der Waals surface area (Å²) in [4.78, 5) is 23.7. The summed E-state index contributed by atoms with van der Waals surface area (Å²) < 4.78 is 6.72. The maximum absolute atomic E-state index is 11.9. The fourth-order valence-corrected chi connectivity index (χ4v) is 3.12. The number of methoxy groups -OCH3 is 1. The lowest BCUT2D eigenvalue weighted by Crippen LogP contribution is -2.17. The molecule has 2 heterocycles. The third-order valence-electron chi connectivity index (χ3n) is 4.21. The second-order valence-corrected chi connectivity index (χ2v) is 5.68. The highest BCUT2D eigenvalue weighted by Crippen LogP contribution is 2.27. The van der Waals surface area contributed by atoms with Crippen molar-refractivity contribution >= 4 is 5.97 Å². The van der Waals surface area contributed by atoms with Gasteiger partial charge < -0.3 is 9.30 Å². The first-order valence-electron chi connectivity index (χ1n) is 7.35. The van der Waals surface area contributed by atoms with Crippen molar-refractivity contribution < 1.29 is 9.53 Å². The minimum Gasteiger partial charge on any atom is -0.465 e. The van der Waals surface area contributed by atoms with Crippen molar-refractivity contribution in [3.63, 3.8) is 0 Å². The van der Waals surface area contributed by atoms with Gasteiger partial charge in [0.2, 0.25) is 0 Å². The molecule has 0 radical (unpaired) electrons. The fourth-order valence-electron chi connectivity index (χ4n) is 3.12. The topological polar surface area (TPSA) is 77.0 Å². The maximum Gasteiger partial charge on any atom is 0.341 e. The van der Waals surface area contributed by atoms with Crippen LogP contribution in [0.3, 0.4) is 0 Å². The van der Waals surface area contributed by atoms with E-state index >= 15 is 0 Å². The lowest BCUT2D eigenvalue weighted by Gasteiger charge is -2.23. The van der Waals surface area contributed by atoms with E-state index in [2.05, 4.69) is 10.2 Å². The van der Waals surface area contributed by atoms with Crippen molar-refractivity contribution in [2.24, 2.45) is 5.92 Å². The molecule has 21 heavy (non-hydrogen) atoms. The Morgan fingerprint density at radius 2 is 2.14 bits per heavy atom. The molecule has 1 N–H and O–H groups in total. The first-order valence-corrected chi connectivity index (χ1v) is 7.35. The summed E-state index contributed by atoms with van der Waals surface area (Å²) in [7, 11) is 1.33. The molecule has 0 aromatic heterocycles. The van der Waals surface area contributed by atoms with Gasteiger partial charge in [0.15, 0.2) is 0 Å². The van der Waals surface area contributed by atoms with E-state index in [1.165, 1.54) is 39.2 Å². The van der Waals surface area contributed by atoms with Crippen LogP contribution in [0.2, 0.25) is 0 Å². The van der Waals surface area contributed by atoms with Crippen LogP contribution < -0.4 is 5.56 Å². The summed E-state index contributed by atoms with van der Waals surface area (Å²) in [5.74, 6) is 0.137. The molecule has 1 aliphatic carbocycles. The van der Waals surface area contributed by atoms with Gasteiger partial charge in [-0.25, -0.2) is 9.89 Å². The molecular weight excluding hydrogens is 270 g/mol. The number of pyridine rings is 1. The van der Waals surface area contributed by atoms with Gasteiger partial charge >= 0.3 is 5.97 Å². The molecule has 0 amide bonds.